The number of rotatable bonds is 4. The predicted octanol–water partition coefficient (Wildman–Crippen LogP) is 1.93. The number of aliphatic hydroxyl groups excluding tert-OH is 1. The van der Waals surface area contributed by atoms with Gasteiger partial charge in [-0.05, 0) is 26.2 Å². The Morgan fingerprint density at radius 3 is 3.00 bits per heavy atom. The van der Waals surface area contributed by atoms with Gasteiger partial charge in [0.1, 0.15) is 11.7 Å². The summed E-state index contributed by atoms with van der Waals surface area (Å²) in [5.74, 6) is 0.851. The van der Waals surface area contributed by atoms with E-state index >= 15 is 0 Å². The Hall–Kier alpha value is -0.940. The molecule has 5 heteroatoms. The Kier molecular flexibility index (Phi) is 3.25. The van der Waals surface area contributed by atoms with Crippen molar-refractivity contribution in [1.82, 2.24) is 10.1 Å². The molecular formula is C11H18N2O3. The lowest BCUT2D eigenvalue weighted by Crippen LogP contribution is -2.20. The molecule has 1 saturated heterocycles. The molecule has 0 radical (unpaired) electrons. The fourth-order valence-electron chi connectivity index (χ4n) is 1.94. The van der Waals surface area contributed by atoms with Gasteiger partial charge in [0, 0.05) is 6.61 Å². The van der Waals surface area contributed by atoms with Crippen LogP contribution in [0.25, 0.3) is 0 Å². The smallest absolute Gasteiger partial charge is 0.258 e. The Bertz CT molecular complexity index is 345. The van der Waals surface area contributed by atoms with Crippen molar-refractivity contribution in [2.45, 2.75) is 51.2 Å². The van der Waals surface area contributed by atoms with Gasteiger partial charge < -0.3 is 14.4 Å². The van der Waals surface area contributed by atoms with Crippen LogP contribution in [0.3, 0.4) is 0 Å². The number of hydrogen-bond donors (Lipinski definition) is 1. The molecular weight excluding hydrogens is 208 g/mol. The third kappa shape index (κ3) is 2.10. The van der Waals surface area contributed by atoms with Crippen molar-refractivity contribution in [2.75, 3.05) is 6.61 Å². The number of hydrogen-bond acceptors (Lipinski definition) is 5. The van der Waals surface area contributed by atoms with Gasteiger partial charge in [-0.1, -0.05) is 18.5 Å². The summed E-state index contributed by atoms with van der Waals surface area (Å²) < 4.78 is 10.8. The van der Waals surface area contributed by atoms with Crippen LogP contribution >= 0.6 is 0 Å². The average molecular weight is 226 g/mol. The second-order valence-electron chi connectivity index (χ2n) is 4.45. The normalized spacial score (nSPS) is 27.2. The van der Waals surface area contributed by atoms with Gasteiger partial charge in [0.25, 0.3) is 5.89 Å². The van der Waals surface area contributed by atoms with Crippen molar-refractivity contribution >= 4 is 0 Å². The van der Waals surface area contributed by atoms with E-state index in [9.17, 15) is 5.11 Å². The summed E-state index contributed by atoms with van der Waals surface area (Å²) in [5, 5.41) is 13.5. The van der Waals surface area contributed by atoms with Crippen LogP contribution < -0.4 is 0 Å². The van der Waals surface area contributed by atoms with Crippen molar-refractivity contribution in [3.05, 3.63) is 11.7 Å². The first-order valence-corrected chi connectivity index (χ1v) is 5.82. The largest absolute Gasteiger partial charge is 0.385 e. The van der Waals surface area contributed by atoms with Crippen molar-refractivity contribution < 1.29 is 14.4 Å². The molecule has 2 rings (SSSR count). The molecule has 1 aromatic rings. The molecule has 0 aliphatic carbocycles. The number of nitrogens with zero attached hydrogens (tertiary/aromatic N) is 2. The molecule has 1 aliphatic rings. The van der Waals surface area contributed by atoms with E-state index in [2.05, 4.69) is 10.1 Å². The Morgan fingerprint density at radius 2 is 2.38 bits per heavy atom. The highest BCUT2D eigenvalue weighted by Crippen LogP contribution is 2.34. The molecule has 1 fully saturated rings. The summed E-state index contributed by atoms with van der Waals surface area (Å²) in [6, 6.07) is 0. The van der Waals surface area contributed by atoms with E-state index in [0.717, 1.165) is 25.9 Å². The van der Waals surface area contributed by atoms with Crippen LogP contribution in [-0.4, -0.2) is 21.9 Å². The van der Waals surface area contributed by atoms with Crippen LogP contribution in [0.15, 0.2) is 4.52 Å². The molecule has 0 amide bonds. The molecule has 5 nitrogen and oxygen atoms in total. The monoisotopic (exact) mass is 226 g/mol. The van der Waals surface area contributed by atoms with Gasteiger partial charge in [0.15, 0.2) is 5.82 Å². The lowest BCUT2D eigenvalue weighted by Gasteiger charge is -2.17. The van der Waals surface area contributed by atoms with Crippen molar-refractivity contribution in [2.24, 2.45) is 0 Å². The maximum absolute atomic E-state index is 9.73. The van der Waals surface area contributed by atoms with Crippen LogP contribution in [0.2, 0.25) is 0 Å². The first kappa shape index (κ1) is 11.5. The molecule has 2 unspecified atom stereocenters. The maximum atomic E-state index is 9.73. The van der Waals surface area contributed by atoms with Crippen molar-refractivity contribution in [1.29, 1.82) is 0 Å². The molecule has 2 atom stereocenters. The number of ether oxygens (including phenoxy) is 1. The molecule has 90 valence electrons. The van der Waals surface area contributed by atoms with E-state index < -0.39 is 11.7 Å². The van der Waals surface area contributed by atoms with E-state index in [0.29, 0.717) is 18.1 Å². The fourth-order valence-corrected chi connectivity index (χ4v) is 1.94. The van der Waals surface area contributed by atoms with Crippen LogP contribution in [-0.2, 0) is 10.3 Å². The highest BCUT2D eigenvalue weighted by atomic mass is 16.5. The molecule has 0 spiro atoms. The van der Waals surface area contributed by atoms with Crippen LogP contribution in [0.5, 0.6) is 0 Å². The minimum Gasteiger partial charge on any atom is -0.385 e. The minimum absolute atomic E-state index is 0.369. The second-order valence-corrected chi connectivity index (χ2v) is 4.45. The van der Waals surface area contributed by atoms with Crippen molar-refractivity contribution in [3.63, 3.8) is 0 Å². The van der Waals surface area contributed by atoms with E-state index in [4.69, 9.17) is 9.26 Å². The van der Waals surface area contributed by atoms with Gasteiger partial charge in [-0.3, -0.25) is 0 Å². The summed E-state index contributed by atoms with van der Waals surface area (Å²) in [6.45, 7) is 4.68. The number of aliphatic hydroxyl groups is 1. The number of aromatic nitrogens is 2. The van der Waals surface area contributed by atoms with Gasteiger partial charge in [-0.2, -0.15) is 4.98 Å². The van der Waals surface area contributed by atoms with Crippen molar-refractivity contribution in [3.8, 4) is 0 Å². The molecule has 0 saturated carbocycles. The highest BCUT2D eigenvalue weighted by Gasteiger charge is 2.37. The predicted molar refractivity (Wildman–Crippen MR) is 56.7 cm³/mol. The fraction of sp³-hybridized carbons (Fsp3) is 0.818. The third-order valence-corrected chi connectivity index (χ3v) is 2.97. The zero-order chi connectivity index (χ0) is 11.6. The van der Waals surface area contributed by atoms with E-state index in [1.807, 2.05) is 13.8 Å². The van der Waals surface area contributed by atoms with Crippen LogP contribution in [0, 0.1) is 0 Å². The van der Waals surface area contributed by atoms with Gasteiger partial charge in [-0.25, -0.2) is 0 Å². The molecule has 2 heterocycles. The van der Waals surface area contributed by atoms with E-state index in [1.54, 1.807) is 0 Å². The molecule has 1 aromatic heterocycles. The van der Waals surface area contributed by atoms with Gasteiger partial charge in [0.05, 0.1) is 0 Å². The minimum atomic E-state index is -0.632. The van der Waals surface area contributed by atoms with Gasteiger partial charge in [-0.15, -0.1) is 0 Å². The Balaban J connectivity index is 2.12. The average Bonchev–Trinajstić information content (AvgIpc) is 2.86. The van der Waals surface area contributed by atoms with Gasteiger partial charge in [0.2, 0.25) is 0 Å². The summed E-state index contributed by atoms with van der Waals surface area (Å²) in [5.41, 5.74) is -0.461. The van der Waals surface area contributed by atoms with Crippen LogP contribution in [0.4, 0.5) is 0 Å². The summed E-state index contributed by atoms with van der Waals surface area (Å²) in [4.78, 5) is 4.23. The zero-order valence-electron chi connectivity index (χ0n) is 9.77. The first-order valence-electron chi connectivity index (χ1n) is 5.82. The maximum Gasteiger partial charge on any atom is 0.258 e. The Labute approximate surface area is 94.8 Å². The molecule has 0 aromatic carbocycles. The third-order valence-electron chi connectivity index (χ3n) is 2.97. The topological polar surface area (TPSA) is 68.4 Å². The SMILES string of the molecule is CCCC(O)c1noc(C2(C)CCCO2)n1. The lowest BCUT2D eigenvalue weighted by atomic mass is 10.0. The highest BCUT2D eigenvalue weighted by molar-refractivity contribution is 5.01. The quantitative estimate of drug-likeness (QED) is 0.849. The summed E-state index contributed by atoms with van der Waals surface area (Å²) in [7, 11) is 0. The van der Waals surface area contributed by atoms with Crippen LogP contribution in [0.1, 0.15) is 57.3 Å². The second kappa shape index (κ2) is 4.51. The summed E-state index contributed by atoms with van der Waals surface area (Å²) >= 11 is 0. The first-order chi connectivity index (χ1) is 7.65. The van der Waals surface area contributed by atoms with E-state index in [1.165, 1.54) is 0 Å². The zero-order valence-corrected chi connectivity index (χ0v) is 9.77. The molecule has 16 heavy (non-hydrogen) atoms. The molecule has 1 N–H and O–H groups in total. The van der Waals surface area contributed by atoms with E-state index in [-0.39, 0.29) is 0 Å². The standard InChI is InChI=1S/C11H18N2O3/c1-3-5-8(14)9-12-10(16-13-9)11(2)6-4-7-15-11/h8,14H,3-7H2,1-2H3. The Morgan fingerprint density at radius 1 is 1.56 bits per heavy atom. The summed E-state index contributed by atoms with van der Waals surface area (Å²) in [6.07, 6.45) is 2.80. The van der Waals surface area contributed by atoms with Gasteiger partial charge >= 0.3 is 0 Å². The molecule has 1 aliphatic heterocycles. The molecule has 0 bridgehead atoms. The lowest BCUT2D eigenvalue weighted by molar-refractivity contribution is -0.00937.